The van der Waals surface area contributed by atoms with E-state index in [0.717, 1.165) is 48.3 Å². The summed E-state index contributed by atoms with van der Waals surface area (Å²) in [6.45, 7) is 3.29. The number of amides is 2. The molecule has 1 saturated heterocycles. The number of unbranched alkanes of at least 4 members (excludes halogenated alkanes) is 2. The second-order valence-electron chi connectivity index (χ2n) is 10.2. The normalized spacial score (nSPS) is 15.0. The Bertz CT molecular complexity index is 1170. The average Bonchev–Trinajstić information content (AvgIpc) is 3.43. The zero-order valence-corrected chi connectivity index (χ0v) is 22.2. The molecule has 1 fully saturated rings. The number of likely N-dealkylation sites (tertiary alicyclic amines) is 1. The zero-order valence-electron chi connectivity index (χ0n) is 22.2. The minimum absolute atomic E-state index is 0.0936. The maximum atomic E-state index is 13.7. The lowest BCUT2D eigenvalue weighted by Crippen LogP contribution is -2.64. The molecule has 2 heterocycles. The van der Waals surface area contributed by atoms with Crippen LogP contribution >= 0.6 is 0 Å². The topological polar surface area (TPSA) is 87.3 Å². The Morgan fingerprint density at radius 2 is 1.87 bits per heavy atom. The number of carbonyl (C=O) groups is 2. The fraction of sp³-hybridized carbons (Fsp3) is 0.433. The van der Waals surface area contributed by atoms with E-state index in [4.69, 9.17) is 4.74 Å². The van der Waals surface area contributed by atoms with Gasteiger partial charge in [-0.05, 0) is 48.2 Å². The Morgan fingerprint density at radius 1 is 1.13 bits per heavy atom. The number of halogens is 1. The van der Waals surface area contributed by atoms with Crippen molar-refractivity contribution >= 4 is 11.8 Å². The highest BCUT2D eigenvalue weighted by molar-refractivity contribution is 5.88. The first-order valence-corrected chi connectivity index (χ1v) is 13.4. The number of nitrogens with zero attached hydrogens (tertiary/aromatic N) is 2. The van der Waals surface area contributed by atoms with Gasteiger partial charge in [-0.3, -0.25) is 9.59 Å². The van der Waals surface area contributed by atoms with Gasteiger partial charge >= 0.3 is 0 Å². The van der Waals surface area contributed by atoms with Crippen LogP contribution in [0.4, 0.5) is 4.39 Å². The Kier molecular flexibility index (Phi) is 9.15. The first kappa shape index (κ1) is 27.4. The van der Waals surface area contributed by atoms with E-state index in [-0.39, 0.29) is 29.5 Å². The highest BCUT2D eigenvalue weighted by Crippen LogP contribution is 2.40. The number of aromatic amines is 1. The summed E-state index contributed by atoms with van der Waals surface area (Å²) in [5.74, 6) is 0.199. The number of aromatic nitrogens is 2. The molecule has 2 N–H and O–H groups in total. The number of ether oxygens (including phenoxy) is 1. The zero-order chi connectivity index (χ0) is 27.0. The van der Waals surface area contributed by atoms with Gasteiger partial charge in [0.15, 0.2) is 0 Å². The molecule has 1 aliphatic heterocycles. The smallest absolute Gasteiger partial charge is 0.245 e. The number of hydrogen-bond donors (Lipinski definition) is 2. The molecule has 2 amide bonds. The number of imidazole rings is 1. The maximum Gasteiger partial charge on any atom is 0.245 e. The van der Waals surface area contributed by atoms with Crippen molar-refractivity contribution in [3.05, 3.63) is 83.7 Å². The van der Waals surface area contributed by atoms with Gasteiger partial charge in [-0.2, -0.15) is 0 Å². The summed E-state index contributed by atoms with van der Waals surface area (Å²) in [5.41, 5.74) is 2.69. The van der Waals surface area contributed by atoms with E-state index in [2.05, 4.69) is 22.2 Å². The van der Waals surface area contributed by atoms with Gasteiger partial charge in [-0.15, -0.1) is 0 Å². The average molecular weight is 521 g/mol. The third-order valence-corrected chi connectivity index (χ3v) is 7.42. The number of benzene rings is 2. The van der Waals surface area contributed by atoms with Crippen molar-refractivity contribution in [3.8, 4) is 5.75 Å². The second-order valence-corrected chi connectivity index (χ2v) is 10.2. The number of rotatable bonds is 13. The van der Waals surface area contributed by atoms with Gasteiger partial charge in [0.2, 0.25) is 11.8 Å². The van der Waals surface area contributed by atoms with Gasteiger partial charge in [0, 0.05) is 43.2 Å². The predicted molar refractivity (Wildman–Crippen MR) is 144 cm³/mol. The molecule has 0 bridgehead atoms. The number of aryl methyl sites for hydroxylation is 1. The Hall–Kier alpha value is -3.68. The molecule has 4 rings (SSSR count). The number of H-pyrrole nitrogens is 1. The molecule has 1 atom stereocenters. The van der Waals surface area contributed by atoms with Crippen molar-refractivity contribution in [2.24, 2.45) is 0 Å². The van der Waals surface area contributed by atoms with E-state index in [0.29, 0.717) is 25.9 Å². The van der Waals surface area contributed by atoms with Crippen LogP contribution < -0.4 is 10.1 Å². The molecule has 2 aromatic carbocycles. The largest absolute Gasteiger partial charge is 0.497 e. The third kappa shape index (κ3) is 6.79. The maximum absolute atomic E-state index is 13.7. The van der Waals surface area contributed by atoms with Crippen LogP contribution in [0, 0.1) is 5.82 Å². The molecule has 0 radical (unpaired) electrons. The summed E-state index contributed by atoms with van der Waals surface area (Å²) >= 11 is 0. The highest BCUT2D eigenvalue weighted by atomic mass is 19.1. The molecule has 0 spiro atoms. The van der Waals surface area contributed by atoms with E-state index in [1.165, 1.54) is 12.1 Å². The fourth-order valence-electron chi connectivity index (χ4n) is 5.20. The third-order valence-electron chi connectivity index (χ3n) is 7.42. The number of nitrogens with one attached hydrogen (secondary N) is 2. The van der Waals surface area contributed by atoms with Crippen LogP contribution in [0.3, 0.4) is 0 Å². The standard InChI is InChI=1S/C30H37FN4O3/c1-3-4-5-16-30(23-8-10-24(31)11-9-23)19-35(20-30)29(37)27(17-22-6-13-26(38-2)14-7-22)34-28(36)15-12-25-18-32-21-33-25/h6-11,13-14,18,21,27H,3-5,12,15-17,19-20H2,1-2H3,(H,32,33)(H,34,36). The van der Waals surface area contributed by atoms with Crippen LogP contribution in [-0.2, 0) is 27.8 Å². The Labute approximate surface area is 223 Å². The molecule has 0 saturated carbocycles. The van der Waals surface area contributed by atoms with Crippen molar-refractivity contribution in [3.63, 3.8) is 0 Å². The number of methoxy groups -OCH3 is 1. The number of hydrogen-bond acceptors (Lipinski definition) is 4. The summed E-state index contributed by atoms with van der Waals surface area (Å²) in [5, 5.41) is 2.99. The molecule has 1 unspecified atom stereocenters. The molecule has 1 aliphatic rings. The summed E-state index contributed by atoms with van der Waals surface area (Å²) < 4.78 is 18.9. The molecule has 8 heteroatoms. The van der Waals surface area contributed by atoms with Gasteiger partial charge < -0.3 is 19.9 Å². The van der Waals surface area contributed by atoms with Crippen LogP contribution in [0.5, 0.6) is 5.75 Å². The summed E-state index contributed by atoms with van der Waals surface area (Å²) in [6, 6.07) is 13.5. The van der Waals surface area contributed by atoms with Crippen LogP contribution in [0.1, 0.15) is 55.8 Å². The quantitative estimate of drug-likeness (QED) is 0.323. The van der Waals surface area contributed by atoms with Gasteiger partial charge in [-0.25, -0.2) is 9.37 Å². The van der Waals surface area contributed by atoms with Crippen LogP contribution in [0.2, 0.25) is 0 Å². The van der Waals surface area contributed by atoms with Crippen LogP contribution in [0.25, 0.3) is 0 Å². The van der Waals surface area contributed by atoms with Crippen molar-refractivity contribution in [1.29, 1.82) is 0 Å². The van der Waals surface area contributed by atoms with E-state index >= 15 is 0 Å². The minimum Gasteiger partial charge on any atom is -0.497 e. The molecule has 7 nitrogen and oxygen atoms in total. The Balaban J connectivity index is 1.47. The summed E-state index contributed by atoms with van der Waals surface area (Å²) in [7, 11) is 1.61. The van der Waals surface area contributed by atoms with E-state index in [1.54, 1.807) is 19.6 Å². The van der Waals surface area contributed by atoms with Crippen molar-refractivity contribution in [2.45, 2.75) is 63.3 Å². The first-order chi connectivity index (χ1) is 18.4. The lowest BCUT2D eigenvalue weighted by Gasteiger charge is -2.52. The lowest BCUT2D eigenvalue weighted by atomic mass is 9.70. The van der Waals surface area contributed by atoms with E-state index in [9.17, 15) is 14.0 Å². The van der Waals surface area contributed by atoms with Crippen LogP contribution in [0.15, 0.2) is 61.1 Å². The molecular formula is C30H37FN4O3. The SMILES string of the molecule is CCCCCC1(c2ccc(F)cc2)CN(C(=O)C(Cc2ccc(OC)cc2)NC(=O)CCc2cnc[nH]2)C1. The van der Waals surface area contributed by atoms with Crippen LogP contribution in [-0.4, -0.2) is 52.9 Å². The summed E-state index contributed by atoms with van der Waals surface area (Å²) in [4.78, 5) is 35.4. The minimum atomic E-state index is -0.681. The van der Waals surface area contributed by atoms with Gasteiger partial charge in [0.1, 0.15) is 17.6 Å². The lowest BCUT2D eigenvalue weighted by molar-refractivity contribution is -0.143. The van der Waals surface area contributed by atoms with Gasteiger partial charge in [0.05, 0.1) is 13.4 Å². The van der Waals surface area contributed by atoms with E-state index in [1.807, 2.05) is 41.3 Å². The Morgan fingerprint density at radius 3 is 2.50 bits per heavy atom. The van der Waals surface area contributed by atoms with E-state index < -0.39 is 6.04 Å². The van der Waals surface area contributed by atoms with Gasteiger partial charge in [0.25, 0.3) is 0 Å². The van der Waals surface area contributed by atoms with Crippen molar-refractivity contribution in [2.75, 3.05) is 20.2 Å². The fourth-order valence-corrected chi connectivity index (χ4v) is 5.20. The molecule has 202 valence electrons. The molecular weight excluding hydrogens is 483 g/mol. The highest BCUT2D eigenvalue weighted by Gasteiger charge is 2.47. The molecule has 3 aromatic rings. The molecule has 0 aliphatic carbocycles. The molecule has 38 heavy (non-hydrogen) atoms. The summed E-state index contributed by atoms with van der Waals surface area (Å²) in [6.07, 6.45) is 8.65. The van der Waals surface area contributed by atoms with Crippen molar-refractivity contribution in [1.82, 2.24) is 20.2 Å². The second kappa shape index (κ2) is 12.7. The van der Waals surface area contributed by atoms with Crippen molar-refractivity contribution < 1.29 is 18.7 Å². The predicted octanol–water partition coefficient (Wildman–Crippen LogP) is 4.58. The number of carbonyl (C=O) groups excluding carboxylic acids is 2. The molecule has 1 aromatic heterocycles. The first-order valence-electron chi connectivity index (χ1n) is 13.4. The monoisotopic (exact) mass is 520 g/mol. The van der Waals surface area contributed by atoms with Gasteiger partial charge in [-0.1, -0.05) is 50.5 Å².